The highest BCUT2D eigenvalue weighted by molar-refractivity contribution is 4.93. The van der Waals surface area contributed by atoms with Crippen molar-refractivity contribution in [3.63, 3.8) is 0 Å². The number of aliphatic hydroxyl groups is 1. The van der Waals surface area contributed by atoms with Crippen LogP contribution in [0.4, 0.5) is 0 Å². The molecule has 1 aromatic rings. The maximum Gasteiger partial charge on any atom is 0.123 e. The van der Waals surface area contributed by atoms with Crippen LogP contribution in [0.2, 0.25) is 0 Å². The molecule has 0 aliphatic heterocycles. The fourth-order valence-electron chi connectivity index (χ4n) is 0.955. The lowest BCUT2D eigenvalue weighted by atomic mass is 10.3. The molecule has 1 heterocycles. The van der Waals surface area contributed by atoms with E-state index in [2.05, 4.69) is 15.3 Å². The number of aromatic nitrogens is 2. The summed E-state index contributed by atoms with van der Waals surface area (Å²) in [6.07, 6.45) is 2.94. The molecule has 0 radical (unpaired) electrons. The van der Waals surface area contributed by atoms with Gasteiger partial charge in [-0.15, -0.1) is 0 Å². The van der Waals surface area contributed by atoms with Crippen LogP contribution in [0.5, 0.6) is 0 Å². The van der Waals surface area contributed by atoms with Gasteiger partial charge >= 0.3 is 0 Å². The number of imidazole rings is 1. The first-order valence-corrected chi connectivity index (χ1v) is 3.63. The van der Waals surface area contributed by atoms with Crippen molar-refractivity contribution in [2.24, 2.45) is 0 Å². The van der Waals surface area contributed by atoms with E-state index in [0.717, 1.165) is 5.82 Å². The van der Waals surface area contributed by atoms with Crippen LogP contribution in [0.15, 0.2) is 12.4 Å². The molecule has 4 heteroatoms. The van der Waals surface area contributed by atoms with Crippen molar-refractivity contribution in [2.45, 2.75) is 26.1 Å². The highest BCUT2D eigenvalue weighted by atomic mass is 16.3. The van der Waals surface area contributed by atoms with Gasteiger partial charge in [-0.1, -0.05) is 0 Å². The van der Waals surface area contributed by atoms with Gasteiger partial charge in [0.1, 0.15) is 12.1 Å². The maximum absolute atomic E-state index is 8.97. The number of aromatic amines is 1. The zero-order valence-electron chi connectivity index (χ0n) is 6.70. The zero-order valence-corrected chi connectivity index (χ0v) is 6.70. The summed E-state index contributed by atoms with van der Waals surface area (Å²) in [5.41, 5.74) is 0. The molecule has 4 nitrogen and oxygen atoms in total. The summed E-state index contributed by atoms with van der Waals surface area (Å²) in [5.74, 6) is 0.839. The topological polar surface area (TPSA) is 60.9 Å². The van der Waals surface area contributed by atoms with Gasteiger partial charge < -0.3 is 10.1 Å². The van der Waals surface area contributed by atoms with Crippen LogP contribution in [0.1, 0.15) is 25.7 Å². The molecule has 0 aliphatic carbocycles. The van der Waals surface area contributed by atoms with E-state index in [1.807, 2.05) is 6.92 Å². The van der Waals surface area contributed by atoms with Crippen molar-refractivity contribution < 1.29 is 5.11 Å². The highest BCUT2D eigenvalue weighted by Gasteiger charge is 2.07. The largest absolute Gasteiger partial charge is 0.379 e. The number of H-pyrrole nitrogens is 1. The van der Waals surface area contributed by atoms with E-state index >= 15 is 0 Å². The molecule has 0 aliphatic rings. The number of aliphatic hydroxyl groups excluding tert-OH is 1. The van der Waals surface area contributed by atoms with Crippen LogP contribution >= 0.6 is 0 Å². The van der Waals surface area contributed by atoms with Crippen LogP contribution in [0.3, 0.4) is 0 Å². The Kier molecular flexibility index (Phi) is 2.62. The second-order valence-electron chi connectivity index (χ2n) is 2.54. The van der Waals surface area contributed by atoms with Gasteiger partial charge in [0.25, 0.3) is 0 Å². The van der Waals surface area contributed by atoms with Gasteiger partial charge in [0.15, 0.2) is 0 Å². The SMILES string of the molecule is CC(O)NC(C)c1ncc[nH]1. The van der Waals surface area contributed by atoms with Crippen LogP contribution < -0.4 is 5.32 Å². The Bertz CT molecular complexity index is 195. The summed E-state index contributed by atoms with van der Waals surface area (Å²) >= 11 is 0. The van der Waals surface area contributed by atoms with Gasteiger partial charge in [0, 0.05) is 12.4 Å². The first-order valence-electron chi connectivity index (χ1n) is 3.63. The van der Waals surface area contributed by atoms with Crippen LogP contribution in [-0.2, 0) is 0 Å². The molecule has 0 bridgehead atoms. The molecular formula is C7H13N3O. The Morgan fingerprint density at radius 2 is 2.36 bits per heavy atom. The quantitative estimate of drug-likeness (QED) is 0.554. The molecule has 62 valence electrons. The molecule has 0 aromatic carbocycles. The standard InChI is InChI=1S/C7H13N3O/c1-5(10-6(2)11)7-8-3-4-9-7/h3-6,10-11H,1-2H3,(H,8,9). The lowest BCUT2D eigenvalue weighted by molar-refractivity contribution is 0.142. The fraction of sp³-hybridized carbons (Fsp3) is 0.571. The van der Waals surface area contributed by atoms with E-state index < -0.39 is 6.23 Å². The van der Waals surface area contributed by atoms with E-state index in [-0.39, 0.29) is 6.04 Å². The monoisotopic (exact) mass is 155 g/mol. The Morgan fingerprint density at radius 1 is 1.64 bits per heavy atom. The third-order valence-electron chi connectivity index (χ3n) is 1.42. The molecular weight excluding hydrogens is 142 g/mol. The summed E-state index contributed by atoms with van der Waals surface area (Å²) in [6.45, 7) is 3.62. The molecule has 2 unspecified atom stereocenters. The number of nitrogens with one attached hydrogen (secondary N) is 2. The third kappa shape index (κ3) is 2.32. The highest BCUT2D eigenvalue weighted by Crippen LogP contribution is 2.04. The molecule has 0 saturated heterocycles. The Balaban J connectivity index is 2.49. The first kappa shape index (κ1) is 8.23. The molecule has 11 heavy (non-hydrogen) atoms. The minimum atomic E-state index is -0.505. The number of hydrogen-bond donors (Lipinski definition) is 3. The van der Waals surface area contributed by atoms with Crippen molar-refractivity contribution in [3.05, 3.63) is 18.2 Å². The lowest BCUT2D eigenvalue weighted by Crippen LogP contribution is -2.28. The zero-order chi connectivity index (χ0) is 8.27. The Hall–Kier alpha value is -0.870. The minimum Gasteiger partial charge on any atom is -0.379 e. The van der Waals surface area contributed by atoms with Gasteiger partial charge in [-0.05, 0) is 13.8 Å². The molecule has 0 spiro atoms. The number of rotatable bonds is 3. The van der Waals surface area contributed by atoms with E-state index in [1.165, 1.54) is 0 Å². The van der Waals surface area contributed by atoms with Gasteiger partial charge in [-0.25, -0.2) is 4.98 Å². The minimum absolute atomic E-state index is 0.0602. The number of nitrogens with zero attached hydrogens (tertiary/aromatic N) is 1. The number of hydrogen-bond acceptors (Lipinski definition) is 3. The fourth-order valence-corrected chi connectivity index (χ4v) is 0.955. The lowest BCUT2D eigenvalue weighted by Gasteiger charge is -2.12. The van der Waals surface area contributed by atoms with Crippen molar-refractivity contribution in [1.29, 1.82) is 0 Å². The molecule has 0 fully saturated rings. The summed E-state index contributed by atoms with van der Waals surface area (Å²) in [4.78, 5) is 7.00. The van der Waals surface area contributed by atoms with Gasteiger partial charge in [0.05, 0.1) is 6.04 Å². The van der Waals surface area contributed by atoms with Gasteiger partial charge in [-0.2, -0.15) is 0 Å². The Labute approximate surface area is 65.7 Å². The smallest absolute Gasteiger partial charge is 0.123 e. The predicted octanol–water partition coefficient (Wildman–Crippen LogP) is 0.399. The molecule has 0 saturated carbocycles. The predicted molar refractivity (Wildman–Crippen MR) is 41.8 cm³/mol. The van der Waals surface area contributed by atoms with Gasteiger partial charge in [0.2, 0.25) is 0 Å². The third-order valence-corrected chi connectivity index (χ3v) is 1.42. The van der Waals surface area contributed by atoms with E-state index in [4.69, 9.17) is 5.11 Å². The summed E-state index contributed by atoms with van der Waals surface area (Å²) in [6, 6.07) is 0.0602. The average Bonchev–Trinajstić information content (AvgIpc) is 2.35. The van der Waals surface area contributed by atoms with E-state index in [1.54, 1.807) is 19.3 Å². The van der Waals surface area contributed by atoms with Crippen molar-refractivity contribution in [2.75, 3.05) is 0 Å². The normalized spacial score (nSPS) is 16.3. The van der Waals surface area contributed by atoms with Crippen LogP contribution in [0.25, 0.3) is 0 Å². The van der Waals surface area contributed by atoms with Crippen molar-refractivity contribution >= 4 is 0 Å². The molecule has 2 atom stereocenters. The molecule has 1 aromatic heterocycles. The summed E-state index contributed by atoms with van der Waals surface area (Å²) in [5, 5.41) is 11.9. The molecule has 0 amide bonds. The van der Waals surface area contributed by atoms with Crippen molar-refractivity contribution in [3.8, 4) is 0 Å². The molecule has 1 rings (SSSR count). The summed E-state index contributed by atoms with van der Waals surface area (Å²) < 4.78 is 0. The van der Waals surface area contributed by atoms with E-state index in [9.17, 15) is 0 Å². The van der Waals surface area contributed by atoms with Crippen molar-refractivity contribution in [1.82, 2.24) is 15.3 Å². The Morgan fingerprint density at radius 3 is 2.82 bits per heavy atom. The second kappa shape index (κ2) is 3.50. The second-order valence-corrected chi connectivity index (χ2v) is 2.54. The maximum atomic E-state index is 8.97. The van der Waals surface area contributed by atoms with Gasteiger partial charge in [-0.3, -0.25) is 5.32 Å². The van der Waals surface area contributed by atoms with Crippen LogP contribution in [0, 0.1) is 0 Å². The van der Waals surface area contributed by atoms with Crippen LogP contribution in [-0.4, -0.2) is 21.3 Å². The van der Waals surface area contributed by atoms with E-state index in [0.29, 0.717) is 0 Å². The molecule has 3 N–H and O–H groups in total. The summed E-state index contributed by atoms with van der Waals surface area (Å²) in [7, 11) is 0. The average molecular weight is 155 g/mol. The first-order chi connectivity index (χ1) is 5.20.